The quantitative estimate of drug-likeness (QED) is 0.864. The molecule has 3 rings (SSSR count). The summed E-state index contributed by atoms with van der Waals surface area (Å²) in [6.45, 7) is 4.98. The number of carbonyl (C=O) groups excluding carboxylic acids is 1. The van der Waals surface area contributed by atoms with E-state index in [0.717, 1.165) is 25.2 Å². The van der Waals surface area contributed by atoms with E-state index in [1.165, 1.54) is 4.40 Å². The Morgan fingerprint density at radius 1 is 1.50 bits per heavy atom. The van der Waals surface area contributed by atoms with Crippen LogP contribution in [-0.2, 0) is 4.79 Å². The van der Waals surface area contributed by atoms with Crippen molar-refractivity contribution in [3.63, 3.8) is 0 Å². The predicted molar refractivity (Wildman–Crippen MR) is 74.0 cm³/mol. The van der Waals surface area contributed by atoms with Gasteiger partial charge in [0, 0.05) is 25.1 Å². The molecule has 2 aromatic rings. The van der Waals surface area contributed by atoms with Gasteiger partial charge in [0.1, 0.15) is 17.4 Å². The van der Waals surface area contributed by atoms with Crippen molar-refractivity contribution in [3.8, 4) is 0 Å². The molecule has 0 spiro atoms. The normalized spacial score (nSPS) is 19.5. The Morgan fingerprint density at radius 3 is 3.05 bits per heavy atom. The highest BCUT2D eigenvalue weighted by atomic mass is 16.1. The van der Waals surface area contributed by atoms with Gasteiger partial charge in [-0.3, -0.25) is 4.79 Å². The summed E-state index contributed by atoms with van der Waals surface area (Å²) in [5.41, 5.74) is 0.277. The Labute approximate surface area is 115 Å². The molecule has 1 atom stereocenters. The maximum Gasteiger partial charge on any atom is 0.349 e. The molecule has 1 N–H and O–H groups in total. The number of nitrogens with zero attached hydrogens (tertiary/aromatic N) is 4. The lowest BCUT2D eigenvalue weighted by Crippen LogP contribution is -2.38. The van der Waals surface area contributed by atoms with Crippen molar-refractivity contribution in [2.24, 2.45) is 5.92 Å². The lowest BCUT2D eigenvalue weighted by atomic mass is 9.95. The highest BCUT2D eigenvalue weighted by molar-refractivity contribution is 5.79. The molecule has 3 heterocycles. The van der Waals surface area contributed by atoms with E-state index >= 15 is 0 Å². The van der Waals surface area contributed by atoms with E-state index in [2.05, 4.69) is 20.1 Å². The number of piperidine rings is 1. The van der Waals surface area contributed by atoms with Crippen LogP contribution in [0.1, 0.15) is 25.6 Å². The zero-order valence-corrected chi connectivity index (χ0v) is 11.6. The zero-order chi connectivity index (χ0) is 14.3. The fraction of sp³-hybridized carbons (Fsp3) is 0.538. The van der Waals surface area contributed by atoms with E-state index in [1.54, 1.807) is 19.9 Å². The number of hydrogen-bond acceptors (Lipinski definition) is 5. The maximum atomic E-state index is 11.6. The monoisotopic (exact) mass is 275 g/mol. The van der Waals surface area contributed by atoms with Crippen LogP contribution in [0.4, 0.5) is 5.82 Å². The first-order valence-electron chi connectivity index (χ1n) is 6.76. The highest BCUT2D eigenvalue weighted by Crippen LogP contribution is 2.23. The summed E-state index contributed by atoms with van der Waals surface area (Å²) in [7, 11) is 0. The molecule has 2 aromatic heterocycles. The van der Waals surface area contributed by atoms with Crippen LogP contribution in [0, 0.1) is 12.8 Å². The standard InChI is InChI=1S/C13H17N5O2/c1-8(19)10-4-3-5-17(7-10)11-6-12-15-16-13(20)18(12)9(2)14-11/h6,10H,3-5,7H2,1-2H3,(H,16,20). The summed E-state index contributed by atoms with van der Waals surface area (Å²) >= 11 is 0. The summed E-state index contributed by atoms with van der Waals surface area (Å²) in [4.78, 5) is 29.7. The predicted octanol–water partition coefficient (Wildman–Crippen LogP) is 0.531. The number of fused-ring (bicyclic) bond motifs is 1. The molecule has 1 unspecified atom stereocenters. The number of anilines is 1. The van der Waals surface area contributed by atoms with Gasteiger partial charge in [-0.25, -0.2) is 19.3 Å². The summed E-state index contributed by atoms with van der Waals surface area (Å²) in [6.07, 6.45) is 1.92. The van der Waals surface area contributed by atoms with Crippen LogP contribution in [0.15, 0.2) is 10.9 Å². The molecule has 106 valence electrons. The SMILES string of the molecule is CC(=O)C1CCCN(c2cc3n[nH]c(=O)n3c(C)n2)C1. The number of ketones is 1. The molecule has 1 saturated heterocycles. The van der Waals surface area contributed by atoms with Crippen molar-refractivity contribution in [1.29, 1.82) is 0 Å². The minimum Gasteiger partial charge on any atom is -0.356 e. The second-order valence-electron chi connectivity index (χ2n) is 5.28. The molecule has 0 saturated carbocycles. The van der Waals surface area contributed by atoms with Gasteiger partial charge in [-0.15, -0.1) is 0 Å². The van der Waals surface area contributed by atoms with Gasteiger partial charge >= 0.3 is 5.69 Å². The third-order valence-corrected chi connectivity index (χ3v) is 3.88. The van der Waals surface area contributed by atoms with Crippen LogP contribution in [0.3, 0.4) is 0 Å². The van der Waals surface area contributed by atoms with Gasteiger partial charge in [0.15, 0.2) is 5.65 Å². The van der Waals surface area contributed by atoms with Crippen molar-refractivity contribution < 1.29 is 4.79 Å². The van der Waals surface area contributed by atoms with E-state index in [4.69, 9.17) is 0 Å². The van der Waals surface area contributed by atoms with Crippen molar-refractivity contribution in [2.45, 2.75) is 26.7 Å². The third kappa shape index (κ3) is 2.09. The van der Waals surface area contributed by atoms with Crippen LogP contribution in [0.2, 0.25) is 0 Å². The van der Waals surface area contributed by atoms with Crippen LogP contribution in [0.25, 0.3) is 5.65 Å². The average Bonchev–Trinajstić information content (AvgIpc) is 2.81. The van der Waals surface area contributed by atoms with Crippen molar-refractivity contribution >= 4 is 17.2 Å². The molecule has 0 aliphatic carbocycles. The molecule has 1 aliphatic heterocycles. The summed E-state index contributed by atoms with van der Waals surface area (Å²) in [5.74, 6) is 1.67. The molecule has 0 aromatic carbocycles. The molecule has 1 fully saturated rings. The van der Waals surface area contributed by atoms with E-state index in [0.29, 0.717) is 18.0 Å². The lowest BCUT2D eigenvalue weighted by Gasteiger charge is -2.32. The lowest BCUT2D eigenvalue weighted by molar-refractivity contribution is -0.120. The fourth-order valence-corrected chi connectivity index (χ4v) is 2.76. The zero-order valence-electron chi connectivity index (χ0n) is 11.6. The Bertz CT molecular complexity index is 717. The maximum absolute atomic E-state index is 11.6. The van der Waals surface area contributed by atoms with Crippen LogP contribution < -0.4 is 10.6 Å². The summed E-state index contributed by atoms with van der Waals surface area (Å²) in [6, 6.07) is 1.79. The van der Waals surface area contributed by atoms with Crippen LogP contribution >= 0.6 is 0 Å². The van der Waals surface area contributed by atoms with Crippen LogP contribution in [-0.4, -0.2) is 38.5 Å². The number of aromatic amines is 1. The van der Waals surface area contributed by atoms with E-state index in [9.17, 15) is 9.59 Å². The first kappa shape index (κ1) is 12.8. The minimum absolute atomic E-state index is 0.0726. The smallest absolute Gasteiger partial charge is 0.349 e. The number of hydrogen-bond donors (Lipinski definition) is 1. The topological polar surface area (TPSA) is 83.4 Å². The number of H-pyrrole nitrogens is 1. The van der Waals surface area contributed by atoms with Gasteiger partial charge in [-0.05, 0) is 26.7 Å². The largest absolute Gasteiger partial charge is 0.356 e. The Kier molecular flexibility index (Phi) is 3.04. The fourth-order valence-electron chi connectivity index (χ4n) is 2.76. The number of nitrogens with one attached hydrogen (secondary N) is 1. The molecular formula is C13H17N5O2. The number of carbonyl (C=O) groups is 1. The van der Waals surface area contributed by atoms with Crippen LogP contribution in [0.5, 0.6) is 0 Å². The van der Waals surface area contributed by atoms with Crippen molar-refractivity contribution in [1.82, 2.24) is 19.6 Å². The Morgan fingerprint density at radius 2 is 2.30 bits per heavy atom. The molecular weight excluding hydrogens is 258 g/mol. The van der Waals surface area contributed by atoms with E-state index in [-0.39, 0.29) is 17.4 Å². The minimum atomic E-state index is -0.281. The molecule has 0 radical (unpaired) electrons. The first-order chi connectivity index (χ1) is 9.56. The van der Waals surface area contributed by atoms with Gasteiger partial charge in [-0.2, -0.15) is 5.10 Å². The van der Waals surface area contributed by atoms with Crippen molar-refractivity contribution in [3.05, 3.63) is 22.4 Å². The van der Waals surface area contributed by atoms with Gasteiger partial charge < -0.3 is 4.90 Å². The van der Waals surface area contributed by atoms with Gasteiger partial charge in [0.2, 0.25) is 0 Å². The van der Waals surface area contributed by atoms with Gasteiger partial charge in [-0.1, -0.05) is 0 Å². The Hall–Kier alpha value is -2.18. The molecule has 0 amide bonds. The number of Topliss-reactive ketones (excluding diaryl/α,β-unsaturated/α-hetero) is 1. The second-order valence-corrected chi connectivity index (χ2v) is 5.28. The highest BCUT2D eigenvalue weighted by Gasteiger charge is 2.24. The van der Waals surface area contributed by atoms with Gasteiger partial charge in [0.05, 0.1) is 0 Å². The van der Waals surface area contributed by atoms with Gasteiger partial charge in [0.25, 0.3) is 0 Å². The number of aryl methyl sites for hydroxylation is 1. The first-order valence-corrected chi connectivity index (χ1v) is 6.76. The molecule has 7 nitrogen and oxygen atoms in total. The third-order valence-electron chi connectivity index (χ3n) is 3.88. The Balaban J connectivity index is 1.97. The molecule has 7 heteroatoms. The van der Waals surface area contributed by atoms with E-state index < -0.39 is 0 Å². The number of rotatable bonds is 2. The second kappa shape index (κ2) is 4.73. The summed E-state index contributed by atoms with van der Waals surface area (Å²) < 4.78 is 1.44. The van der Waals surface area contributed by atoms with Crippen molar-refractivity contribution in [2.75, 3.05) is 18.0 Å². The average molecular weight is 275 g/mol. The van der Waals surface area contributed by atoms with E-state index in [1.807, 2.05) is 0 Å². The summed E-state index contributed by atoms with van der Waals surface area (Å²) in [5, 5.41) is 6.40. The molecule has 20 heavy (non-hydrogen) atoms. The number of aromatic nitrogens is 4. The molecule has 1 aliphatic rings. The molecule has 0 bridgehead atoms.